The number of carbonyl (C=O) groups is 1. The molecule has 1 aliphatic rings. The number of rotatable bonds is 7. The number of hydrogen-bond acceptors (Lipinski definition) is 4. The summed E-state index contributed by atoms with van der Waals surface area (Å²) in [7, 11) is 0. The number of anilines is 1. The molecule has 0 amide bonds. The van der Waals surface area contributed by atoms with Crippen LogP contribution in [-0.4, -0.2) is 15.6 Å². The van der Waals surface area contributed by atoms with Crippen molar-refractivity contribution in [3.8, 4) is 0 Å². The van der Waals surface area contributed by atoms with Crippen LogP contribution >= 0.6 is 22.9 Å². The number of aromatic nitrogens is 2. The monoisotopic (exact) mass is 469 g/mol. The van der Waals surface area contributed by atoms with E-state index in [0.717, 1.165) is 40.7 Å². The third-order valence-electron chi connectivity index (χ3n) is 7.08. The molecule has 0 fully saturated rings. The highest BCUT2D eigenvalue weighted by Gasteiger charge is 2.40. The molecule has 170 valence electrons. The van der Waals surface area contributed by atoms with Crippen LogP contribution in [0.4, 0.5) is 5.82 Å². The first-order chi connectivity index (χ1) is 15.2. The van der Waals surface area contributed by atoms with Crippen molar-refractivity contribution >= 4 is 34.5 Å². The van der Waals surface area contributed by atoms with Crippen molar-refractivity contribution in [3.05, 3.63) is 68.5 Å². The molecule has 0 aliphatic carbocycles. The maximum absolute atomic E-state index is 13.8. The van der Waals surface area contributed by atoms with Crippen molar-refractivity contribution in [2.45, 2.75) is 77.3 Å². The Morgan fingerprint density at radius 2 is 1.91 bits per heavy atom. The molecule has 0 saturated heterocycles. The van der Waals surface area contributed by atoms with Gasteiger partial charge in [0.15, 0.2) is 5.78 Å². The molecule has 2 aromatic heterocycles. The van der Waals surface area contributed by atoms with E-state index in [1.165, 1.54) is 10.4 Å². The Labute approximate surface area is 200 Å². The van der Waals surface area contributed by atoms with E-state index in [4.69, 9.17) is 16.7 Å². The number of Topliss-reactive ketones (excluding diaryl/α,β-unsaturated/α-hetero) is 1. The second-order valence-electron chi connectivity index (χ2n) is 9.54. The standard InChI is InChI=1S/C26H32ClN3OS/c1-6-26(7-2,21-13-14-22(27)32-21)16-20(31)23-17(3)29-30-24(23)28-19(15-25(30,4)5)18-11-9-8-10-12-18/h8-14,19,28H,6-7,15-16H2,1-5H3/t19-/m1/s1. The van der Waals surface area contributed by atoms with Gasteiger partial charge in [0.1, 0.15) is 5.82 Å². The molecule has 1 atom stereocenters. The number of halogens is 1. The van der Waals surface area contributed by atoms with Gasteiger partial charge >= 0.3 is 0 Å². The average molecular weight is 470 g/mol. The molecule has 0 saturated carbocycles. The van der Waals surface area contributed by atoms with E-state index in [2.05, 4.69) is 63.3 Å². The third kappa shape index (κ3) is 4.01. The van der Waals surface area contributed by atoms with Gasteiger partial charge in [-0.15, -0.1) is 11.3 Å². The van der Waals surface area contributed by atoms with Crippen LogP contribution in [-0.2, 0) is 11.0 Å². The van der Waals surface area contributed by atoms with Crippen LogP contribution in [0.2, 0.25) is 4.34 Å². The van der Waals surface area contributed by atoms with E-state index in [0.29, 0.717) is 6.42 Å². The van der Waals surface area contributed by atoms with Gasteiger partial charge in [-0.25, -0.2) is 4.68 Å². The maximum atomic E-state index is 13.8. The summed E-state index contributed by atoms with van der Waals surface area (Å²) in [6.45, 7) is 10.7. The van der Waals surface area contributed by atoms with Gasteiger partial charge in [-0.3, -0.25) is 4.79 Å². The van der Waals surface area contributed by atoms with Gasteiger partial charge in [0.25, 0.3) is 0 Å². The lowest BCUT2D eigenvalue weighted by Crippen LogP contribution is -2.38. The summed E-state index contributed by atoms with van der Waals surface area (Å²) in [6.07, 6.45) is 3.13. The van der Waals surface area contributed by atoms with Crippen LogP contribution in [0.3, 0.4) is 0 Å². The lowest BCUT2D eigenvalue weighted by atomic mass is 9.75. The van der Waals surface area contributed by atoms with E-state index >= 15 is 0 Å². The van der Waals surface area contributed by atoms with Crippen molar-refractivity contribution in [1.82, 2.24) is 9.78 Å². The fourth-order valence-electron chi connectivity index (χ4n) is 5.05. The van der Waals surface area contributed by atoms with Gasteiger partial charge in [-0.2, -0.15) is 5.10 Å². The summed E-state index contributed by atoms with van der Waals surface area (Å²) in [5.74, 6) is 0.997. The predicted molar refractivity (Wildman–Crippen MR) is 134 cm³/mol. The smallest absolute Gasteiger partial charge is 0.169 e. The Morgan fingerprint density at radius 3 is 2.50 bits per heavy atom. The van der Waals surface area contributed by atoms with E-state index in [-0.39, 0.29) is 22.8 Å². The summed E-state index contributed by atoms with van der Waals surface area (Å²) < 4.78 is 2.79. The maximum Gasteiger partial charge on any atom is 0.169 e. The largest absolute Gasteiger partial charge is 0.363 e. The fraction of sp³-hybridized carbons (Fsp3) is 0.462. The minimum atomic E-state index is -0.209. The number of nitrogens with one attached hydrogen (secondary N) is 1. The summed E-state index contributed by atoms with van der Waals surface area (Å²) in [4.78, 5) is 15.0. The zero-order valence-electron chi connectivity index (χ0n) is 19.5. The minimum Gasteiger partial charge on any atom is -0.363 e. The van der Waals surface area contributed by atoms with Gasteiger partial charge in [-0.1, -0.05) is 55.8 Å². The molecule has 0 spiro atoms. The number of fused-ring (bicyclic) bond motifs is 1. The number of hydrogen-bond donors (Lipinski definition) is 1. The topological polar surface area (TPSA) is 46.9 Å². The second kappa shape index (κ2) is 8.68. The fourth-order valence-corrected chi connectivity index (χ4v) is 6.42. The van der Waals surface area contributed by atoms with Crippen LogP contribution in [0.1, 0.15) is 85.9 Å². The highest BCUT2D eigenvalue weighted by Crippen LogP contribution is 2.44. The lowest BCUT2D eigenvalue weighted by Gasteiger charge is -2.38. The SMILES string of the molecule is CCC(CC)(CC(=O)c1c(C)nn2c1N[C@@H](c1ccccc1)CC2(C)C)c1ccc(Cl)s1. The van der Waals surface area contributed by atoms with Crippen LogP contribution in [0.15, 0.2) is 42.5 Å². The van der Waals surface area contributed by atoms with Crippen LogP contribution < -0.4 is 5.32 Å². The zero-order chi connectivity index (χ0) is 23.1. The van der Waals surface area contributed by atoms with Gasteiger partial charge < -0.3 is 5.32 Å². The van der Waals surface area contributed by atoms with E-state index in [1.807, 2.05) is 23.7 Å². The van der Waals surface area contributed by atoms with Crippen molar-refractivity contribution in [1.29, 1.82) is 0 Å². The highest BCUT2D eigenvalue weighted by molar-refractivity contribution is 7.16. The van der Waals surface area contributed by atoms with Crippen LogP contribution in [0.5, 0.6) is 0 Å². The van der Waals surface area contributed by atoms with Crippen molar-refractivity contribution < 1.29 is 4.79 Å². The first kappa shape index (κ1) is 23.1. The minimum absolute atomic E-state index is 0.138. The predicted octanol–water partition coefficient (Wildman–Crippen LogP) is 7.53. The summed E-state index contributed by atoms with van der Waals surface area (Å²) in [5, 5.41) is 8.49. The van der Waals surface area contributed by atoms with E-state index in [9.17, 15) is 4.79 Å². The Morgan fingerprint density at radius 1 is 1.22 bits per heavy atom. The normalized spacial score (nSPS) is 17.6. The van der Waals surface area contributed by atoms with Crippen molar-refractivity contribution in [2.75, 3.05) is 5.32 Å². The number of carbonyl (C=O) groups excluding carboxylic acids is 1. The molecule has 0 unspecified atom stereocenters. The van der Waals surface area contributed by atoms with Crippen molar-refractivity contribution in [2.24, 2.45) is 0 Å². The molecule has 0 radical (unpaired) electrons. The molecule has 6 heteroatoms. The van der Waals surface area contributed by atoms with Gasteiger partial charge in [-0.05, 0) is 57.7 Å². The van der Waals surface area contributed by atoms with Gasteiger partial charge in [0.05, 0.1) is 27.2 Å². The second-order valence-corrected chi connectivity index (χ2v) is 11.3. The third-order valence-corrected chi connectivity index (χ3v) is 8.56. The highest BCUT2D eigenvalue weighted by atomic mass is 35.5. The molecule has 4 nitrogen and oxygen atoms in total. The molecular weight excluding hydrogens is 438 g/mol. The van der Waals surface area contributed by atoms with Crippen LogP contribution in [0, 0.1) is 6.92 Å². The number of benzene rings is 1. The molecule has 3 heterocycles. The molecule has 32 heavy (non-hydrogen) atoms. The average Bonchev–Trinajstić information content (AvgIpc) is 3.36. The summed E-state index contributed by atoms with van der Waals surface area (Å²) in [6, 6.07) is 14.6. The molecule has 0 bridgehead atoms. The number of ketones is 1. The number of thiophene rings is 1. The van der Waals surface area contributed by atoms with Gasteiger partial charge in [0.2, 0.25) is 0 Å². The lowest BCUT2D eigenvalue weighted by molar-refractivity contribution is 0.0945. The number of aryl methyl sites for hydroxylation is 1. The van der Waals surface area contributed by atoms with Crippen LogP contribution in [0.25, 0.3) is 0 Å². The molecule has 1 aliphatic heterocycles. The van der Waals surface area contributed by atoms with Gasteiger partial charge in [0, 0.05) is 16.7 Å². The van der Waals surface area contributed by atoms with Crippen molar-refractivity contribution in [3.63, 3.8) is 0 Å². The quantitative estimate of drug-likeness (QED) is 0.364. The Bertz CT molecular complexity index is 1110. The Balaban J connectivity index is 1.72. The zero-order valence-corrected chi connectivity index (χ0v) is 21.1. The summed E-state index contributed by atoms with van der Waals surface area (Å²) >= 11 is 7.84. The first-order valence-corrected chi connectivity index (χ1v) is 12.6. The molecule has 1 aromatic carbocycles. The van der Waals surface area contributed by atoms with E-state index in [1.54, 1.807) is 11.3 Å². The first-order valence-electron chi connectivity index (χ1n) is 11.4. The molecule has 1 N–H and O–H groups in total. The Kier molecular flexibility index (Phi) is 6.25. The summed E-state index contributed by atoms with van der Waals surface area (Å²) in [5.41, 5.74) is 2.35. The molecule has 3 aromatic rings. The number of nitrogens with zero attached hydrogens (tertiary/aromatic N) is 2. The van der Waals surface area contributed by atoms with E-state index < -0.39 is 0 Å². The molecular formula is C26H32ClN3OS. The Hall–Kier alpha value is -2.11. The molecule has 4 rings (SSSR count).